The van der Waals surface area contributed by atoms with Gasteiger partial charge in [-0.05, 0) is 118 Å². The molecule has 6 rings (SSSR count). The molecule has 0 atom stereocenters. The van der Waals surface area contributed by atoms with Crippen molar-refractivity contribution < 1.29 is 35.4 Å². The van der Waals surface area contributed by atoms with E-state index in [1.54, 1.807) is 0 Å². The Balaban J connectivity index is 1.41. The summed E-state index contributed by atoms with van der Waals surface area (Å²) >= 11 is 0. The van der Waals surface area contributed by atoms with Crippen molar-refractivity contribution in [3.05, 3.63) is 95.1 Å². The Bertz CT molecular complexity index is 2010. The number of fused-ring (bicyclic) bond motifs is 6. The van der Waals surface area contributed by atoms with Crippen molar-refractivity contribution in [1.29, 1.82) is 0 Å². The van der Waals surface area contributed by atoms with Gasteiger partial charge in [0.05, 0.1) is 0 Å². The molecule has 0 aliphatic heterocycles. The van der Waals surface area contributed by atoms with Gasteiger partial charge in [-0.15, -0.1) is 0 Å². The van der Waals surface area contributed by atoms with Crippen LogP contribution < -0.4 is 9.47 Å². The summed E-state index contributed by atoms with van der Waals surface area (Å²) in [5, 5.41) is 0. The van der Waals surface area contributed by atoms with Crippen LogP contribution in [0, 0.1) is 0 Å². The number of rotatable bonds is 17. The van der Waals surface area contributed by atoms with Gasteiger partial charge in [-0.25, -0.2) is 0 Å². The van der Waals surface area contributed by atoms with Crippen molar-refractivity contribution in [1.82, 2.24) is 0 Å². The first kappa shape index (κ1) is 38.0. The summed E-state index contributed by atoms with van der Waals surface area (Å²) in [6.45, 7) is 8.63. The molecule has 4 aromatic carbocycles. The lowest BCUT2D eigenvalue weighted by Crippen LogP contribution is -2.25. The third-order valence-corrected chi connectivity index (χ3v) is 12.3. The maximum atomic E-state index is 11.3. The quantitative estimate of drug-likeness (QED) is 0.102. The van der Waals surface area contributed by atoms with Crippen molar-refractivity contribution >= 4 is 20.2 Å². The minimum absolute atomic E-state index is 0.120. The molecule has 0 radical (unpaired) electrons. The molecule has 2 aliphatic carbocycles. The van der Waals surface area contributed by atoms with E-state index in [9.17, 15) is 25.9 Å². The van der Waals surface area contributed by atoms with Crippen LogP contribution in [-0.4, -0.2) is 50.7 Å². The first-order chi connectivity index (χ1) is 24.8. The standard InChI is InChI=1S/C42H50O8S2/c1-5-17-41(18-6-2)37-25-29(9-13-33(37)35-15-11-31(27-39(35)41)49-21-23-51(43,44)45)30-10-14-34-36-16-12-32(50-22-24-52(46,47)48)28-40(36)42(19-7-3,20-8-4)38(34)26-30/h9-16,25-28H,5-8,17-24H2,1-4H3,(H,43,44,45)(H,46,47,48). The molecule has 0 amide bonds. The van der Waals surface area contributed by atoms with Crippen LogP contribution in [0.3, 0.4) is 0 Å². The molecule has 278 valence electrons. The Kier molecular flexibility index (Phi) is 11.0. The van der Waals surface area contributed by atoms with E-state index in [4.69, 9.17) is 9.47 Å². The predicted molar refractivity (Wildman–Crippen MR) is 208 cm³/mol. The third kappa shape index (κ3) is 7.27. The van der Waals surface area contributed by atoms with E-state index in [0.717, 1.165) is 62.5 Å². The highest BCUT2D eigenvalue weighted by Gasteiger charge is 2.44. The molecular weight excluding hydrogens is 697 g/mol. The second-order valence-electron chi connectivity index (χ2n) is 14.4. The molecule has 0 saturated heterocycles. The van der Waals surface area contributed by atoms with Gasteiger partial charge in [0.15, 0.2) is 0 Å². The number of benzene rings is 4. The summed E-state index contributed by atoms with van der Waals surface area (Å²) in [6, 6.07) is 25.8. The average Bonchev–Trinajstić information content (AvgIpc) is 3.50. The molecule has 0 heterocycles. The van der Waals surface area contributed by atoms with E-state index in [0.29, 0.717) is 11.5 Å². The average molecular weight is 747 g/mol. The lowest BCUT2D eigenvalue weighted by molar-refractivity contribution is 0.333. The fraction of sp³-hybridized carbons (Fsp3) is 0.429. The van der Waals surface area contributed by atoms with Gasteiger partial charge in [0.2, 0.25) is 0 Å². The van der Waals surface area contributed by atoms with Gasteiger partial charge in [0.1, 0.15) is 36.2 Å². The Labute approximate surface area is 309 Å². The zero-order valence-electron chi connectivity index (χ0n) is 30.6. The number of hydrogen-bond acceptors (Lipinski definition) is 6. The lowest BCUT2D eigenvalue weighted by atomic mass is 9.70. The highest BCUT2D eigenvalue weighted by atomic mass is 32.2. The van der Waals surface area contributed by atoms with Crippen molar-refractivity contribution in [3.8, 4) is 44.9 Å². The Morgan fingerprint density at radius 3 is 1.10 bits per heavy atom. The molecule has 4 aromatic rings. The van der Waals surface area contributed by atoms with E-state index in [1.807, 2.05) is 12.1 Å². The highest BCUT2D eigenvalue weighted by molar-refractivity contribution is 7.86. The molecule has 0 unspecified atom stereocenters. The molecule has 2 aliphatic rings. The Morgan fingerprint density at radius 1 is 0.481 bits per heavy atom. The third-order valence-electron chi connectivity index (χ3n) is 10.9. The van der Waals surface area contributed by atoms with Crippen molar-refractivity contribution in [2.45, 2.75) is 89.9 Å². The van der Waals surface area contributed by atoms with Crippen LogP contribution in [0.2, 0.25) is 0 Å². The lowest BCUT2D eigenvalue weighted by Gasteiger charge is -2.33. The summed E-state index contributed by atoms with van der Waals surface area (Å²) in [5.41, 5.74) is 11.7. The number of hydrogen-bond donors (Lipinski definition) is 2. The van der Waals surface area contributed by atoms with Crippen LogP contribution in [0.5, 0.6) is 11.5 Å². The summed E-state index contributed by atoms with van der Waals surface area (Å²) < 4.78 is 75.4. The monoisotopic (exact) mass is 746 g/mol. The molecular formula is C42H50O8S2. The summed E-state index contributed by atoms with van der Waals surface area (Å²) in [5.74, 6) is 0.275. The van der Waals surface area contributed by atoms with E-state index >= 15 is 0 Å². The van der Waals surface area contributed by atoms with Crippen LogP contribution in [0.15, 0.2) is 72.8 Å². The predicted octanol–water partition coefficient (Wildman–Crippen LogP) is 9.62. The van der Waals surface area contributed by atoms with Crippen LogP contribution in [-0.2, 0) is 31.1 Å². The van der Waals surface area contributed by atoms with Crippen LogP contribution in [0.25, 0.3) is 33.4 Å². The molecule has 10 heteroatoms. The first-order valence-corrected chi connectivity index (χ1v) is 21.8. The Hall–Kier alpha value is -3.70. The van der Waals surface area contributed by atoms with E-state index < -0.39 is 31.7 Å². The van der Waals surface area contributed by atoms with E-state index in [-0.39, 0.29) is 24.0 Å². The van der Waals surface area contributed by atoms with Gasteiger partial charge in [-0.2, -0.15) is 16.8 Å². The van der Waals surface area contributed by atoms with Crippen LogP contribution >= 0.6 is 0 Å². The molecule has 0 aromatic heterocycles. The molecule has 2 N–H and O–H groups in total. The van der Waals surface area contributed by atoms with Gasteiger partial charge in [-0.3, -0.25) is 9.11 Å². The molecule has 8 nitrogen and oxygen atoms in total. The first-order valence-electron chi connectivity index (χ1n) is 18.5. The zero-order valence-corrected chi connectivity index (χ0v) is 32.2. The topological polar surface area (TPSA) is 127 Å². The van der Waals surface area contributed by atoms with Crippen molar-refractivity contribution in [2.75, 3.05) is 24.7 Å². The second kappa shape index (κ2) is 15.0. The maximum absolute atomic E-state index is 11.3. The van der Waals surface area contributed by atoms with Crippen LogP contribution in [0.1, 0.15) is 101 Å². The molecule has 0 fully saturated rings. The normalized spacial score (nSPS) is 15.1. The van der Waals surface area contributed by atoms with Gasteiger partial charge in [0, 0.05) is 10.8 Å². The molecule has 52 heavy (non-hydrogen) atoms. The van der Waals surface area contributed by atoms with Gasteiger partial charge >= 0.3 is 0 Å². The molecule has 0 saturated carbocycles. The van der Waals surface area contributed by atoms with Gasteiger partial charge < -0.3 is 9.47 Å². The second-order valence-corrected chi connectivity index (χ2v) is 17.5. The maximum Gasteiger partial charge on any atom is 0.268 e. The summed E-state index contributed by atoms with van der Waals surface area (Å²) in [7, 11) is -8.24. The largest absolute Gasteiger partial charge is 0.492 e. The molecule has 0 bridgehead atoms. The Morgan fingerprint density at radius 2 is 0.788 bits per heavy atom. The van der Waals surface area contributed by atoms with Crippen molar-refractivity contribution in [2.24, 2.45) is 0 Å². The van der Waals surface area contributed by atoms with E-state index in [1.165, 1.54) is 44.5 Å². The van der Waals surface area contributed by atoms with E-state index in [2.05, 4.69) is 88.4 Å². The minimum atomic E-state index is -4.12. The zero-order chi connectivity index (χ0) is 37.3. The van der Waals surface area contributed by atoms with Crippen molar-refractivity contribution in [3.63, 3.8) is 0 Å². The van der Waals surface area contributed by atoms with Gasteiger partial charge in [-0.1, -0.05) is 89.8 Å². The highest BCUT2D eigenvalue weighted by Crippen LogP contribution is 2.57. The van der Waals surface area contributed by atoms with Gasteiger partial charge in [0.25, 0.3) is 20.2 Å². The fourth-order valence-corrected chi connectivity index (χ4v) is 9.64. The SMILES string of the molecule is CCCC1(CCC)c2cc(OCCS(=O)(=O)O)ccc2-c2ccc(-c3ccc4c(c3)C(CCC)(CCC)c3cc(OCCS(=O)(=O)O)ccc3-4)cc21. The minimum Gasteiger partial charge on any atom is -0.492 e. The summed E-state index contributed by atoms with van der Waals surface area (Å²) in [6.07, 6.45) is 7.81. The van der Waals surface area contributed by atoms with Crippen LogP contribution in [0.4, 0.5) is 0 Å². The number of ether oxygens (including phenoxy) is 2. The fourth-order valence-electron chi connectivity index (χ4n) is 9.05. The summed E-state index contributed by atoms with van der Waals surface area (Å²) in [4.78, 5) is 0. The smallest absolute Gasteiger partial charge is 0.268 e. The molecule has 0 spiro atoms.